The highest BCUT2D eigenvalue weighted by Gasteiger charge is 1.93. The quantitative estimate of drug-likeness (QED) is 0.804. The van der Waals surface area contributed by atoms with Gasteiger partial charge in [0, 0.05) is 5.56 Å². The maximum Gasteiger partial charge on any atom is 0.147 e. The SMILES string of the molecule is CCCOc1ccc(C#Cc2cnc(Cl)cn2)cc1. The molecule has 0 bridgehead atoms. The zero-order valence-corrected chi connectivity index (χ0v) is 11.3. The smallest absolute Gasteiger partial charge is 0.147 e. The number of nitrogens with zero attached hydrogens (tertiary/aromatic N) is 2. The largest absolute Gasteiger partial charge is 0.494 e. The minimum atomic E-state index is 0.364. The topological polar surface area (TPSA) is 35.0 Å². The molecule has 0 saturated carbocycles. The summed E-state index contributed by atoms with van der Waals surface area (Å²) < 4.78 is 5.50. The minimum Gasteiger partial charge on any atom is -0.494 e. The van der Waals surface area contributed by atoms with Crippen molar-refractivity contribution in [3.05, 3.63) is 53.1 Å². The Morgan fingerprint density at radius 1 is 1.11 bits per heavy atom. The Morgan fingerprint density at radius 2 is 1.89 bits per heavy atom. The first-order chi connectivity index (χ1) is 9.28. The first-order valence-electron chi connectivity index (χ1n) is 6.00. The maximum absolute atomic E-state index is 5.65. The lowest BCUT2D eigenvalue weighted by Crippen LogP contribution is -1.94. The van der Waals surface area contributed by atoms with Crippen LogP contribution in [0, 0.1) is 11.8 Å². The Morgan fingerprint density at radius 3 is 2.53 bits per heavy atom. The van der Waals surface area contributed by atoms with Crippen molar-refractivity contribution in [2.24, 2.45) is 0 Å². The number of halogens is 1. The number of hydrogen-bond donors (Lipinski definition) is 0. The van der Waals surface area contributed by atoms with Crippen molar-refractivity contribution in [3.8, 4) is 17.6 Å². The highest BCUT2D eigenvalue weighted by molar-refractivity contribution is 6.29. The molecule has 2 aromatic rings. The lowest BCUT2D eigenvalue weighted by Gasteiger charge is -2.03. The highest BCUT2D eigenvalue weighted by Crippen LogP contribution is 2.11. The molecule has 0 amide bonds. The second-order valence-corrected chi connectivity index (χ2v) is 4.23. The molecule has 0 N–H and O–H groups in total. The number of aromatic nitrogens is 2. The van der Waals surface area contributed by atoms with Crippen molar-refractivity contribution in [1.29, 1.82) is 0 Å². The molecule has 0 unspecified atom stereocenters. The molecule has 1 aromatic heterocycles. The molecule has 0 aliphatic heterocycles. The van der Waals surface area contributed by atoms with Crippen LogP contribution >= 0.6 is 11.6 Å². The van der Waals surface area contributed by atoms with Crippen LogP contribution in [-0.4, -0.2) is 16.6 Å². The predicted molar refractivity (Wildman–Crippen MR) is 75.3 cm³/mol. The summed E-state index contributed by atoms with van der Waals surface area (Å²) in [6.07, 6.45) is 4.03. The maximum atomic E-state index is 5.65. The summed E-state index contributed by atoms with van der Waals surface area (Å²) in [7, 11) is 0. The van der Waals surface area contributed by atoms with E-state index in [-0.39, 0.29) is 0 Å². The van der Waals surface area contributed by atoms with Gasteiger partial charge in [0.2, 0.25) is 0 Å². The molecule has 4 heteroatoms. The first-order valence-corrected chi connectivity index (χ1v) is 6.38. The van der Waals surface area contributed by atoms with Gasteiger partial charge in [-0.05, 0) is 36.6 Å². The van der Waals surface area contributed by atoms with E-state index in [4.69, 9.17) is 16.3 Å². The van der Waals surface area contributed by atoms with Crippen molar-refractivity contribution >= 4 is 11.6 Å². The van der Waals surface area contributed by atoms with E-state index in [9.17, 15) is 0 Å². The van der Waals surface area contributed by atoms with E-state index in [1.54, 1.807) is 6.20 Å². The molecule has 0 aliphatic carbocycles. The summed E-state index contributed by atoms with van der Waals surface area (Å²) in [4.78, 5) is 7.98. The third-order valence-electron chi connectivity index (χ3n) is 2.28. The zero-order chi connectivity index (χ0) is 13.5. The molecule has 0 radical (unpaired) electrons. The van der Waals surface area contributed by atoms with Crippen LogP contribution in [-0.2, 0) is 0 Å². The average molecular weight is 273 g/mol. The summed E-state index contributed by atoms with van der Waals surface area (Å²) in [6, 6.07) is 7.66. The molecule has 0 atom stereocenters. The Kier molecular flexibility index (Phi) is 4.77. The second kappa shape index (κ2) is 6.77. The van der Waals surface area contributed by atoms with Crippen LogP contribution in [0.25, 0.3) is 0 Å². The van der Waals surface area contributed by atoms with Crippen LogP contribution in [0.4, 0.5) is 0 Å². The van der Waals surface area contributed by atoms with E-state index < -0.39 is 0 Å². The average Bonchev–Trinajstić information content (AvgIpc) is 2.46. The van der Waals surface area contributed by atoms with Gasteiger partial charge < -0.3 is 4.74 Å². The van der Waals surface area contributed by atoms with E-state index in [2.05, 4.69) is 28.7 Å². The summed E-state index contributed by atoms with van der Waals surface area (Å²) in [5.74, 6) is 6.80. The lowest BCUT2D eigenvalue weighted by atomic mass is 10.2. The third kappa shape index (κ3) is 4.27. The molecule has 96 valence electrons. The summed E-state index contributed by atoms with van der Waals surface area (Å²) in [5.41, 5.74) is 1.50. The van der Waals surface area contributed by atoms with Gasteiger partial charge >= 0.3 is 0 Å². The molecule has 0 aliphatic rings. The Balaban J connectivity index is 2.05. The van der Waals surface area contributed by atoms with Gasteiger partial charge in [-0.2, -0.15) is 0 Å². The van der Waals surface area contributed by atoms with Crippen LogP contribution in [0.5, 0.6) is 5.75 Å². The molecule has 0 saturated heterocycles. The van der Waals surface area contributed by atoms with Gasteiger partial charge in [0.1, 0.15) is 16.6 Å². The normalized spacial score (nSPS) is 9.58. The van der Waals surface area contributed by atoms with Gasteiger partial charge in [0.25, 0.3) is 0 Å². The molecule has 3 nitrogen and oxygen atoms in total. The lowest BCUT2D eigenvalue weighted by molar-refractivity contribution is 0.317. The van der Waals surface area contributed by atoms with Crippen molar-refractivity contribution < 1.29 is 4.74 Å². The molecular formula is C15H13ClN2O. The summed E-state index contributed by atoms with van der Waals surface area (Å²) in [6.45, 7) is 2.80. The predicted octanol–water partition coefficient (Wildman–Crippen LogP) is 3.32. The monoisotopic (exact) mass is 272 g/mol. The molecule has 1 aromatic carbocycles. The minimum absolute atomic E-state index is 0.364. The summed E-state index contributed by atoms with van der Waals surface area (Å²) >= 11 is 5.65. The van der Waals surface area contributed by atoms with E-state index in [1.807, 2.05) is 24.3 Å². The highest BCUT2D eigenvalue weighted by atomic mass is 35.5. The number of benzene rings is 1. The van der Waals surface area contributed by atoms with Crippen LogP contribution in [0.2, 0.25) is 5.15 Å². The molecule has 1 heterocycles. The van der Waals surface area contributed by atoms with Crippen LogP contribution in [0.15, 0.2) is 36.7 Å². The van der Waals surface area contributed by atoms with E-state index in [0.717, 1.165) is 24.3 Å². The van der Waals surface area contributed by atoms with Gasteiger partial charge in [-0.25, -0.2) is 9.97 Å². The van der Waals surface area contributed by atoms with Crippen molar-refractivity contribution in [2.45, 2.75) is 13.3 Å². The van der Waals surface area contributed by atoms with Crippen LogP contribution < -0.4 is 4.74 Å². The van der Waals surface area contributed by atoms with Gasteiger partial charge in [0.15, 0.2) is 0 Å². The van der Waals surface area contributed by atoms with Gasteiger partial charge in [-0.3, -0.25) is 0 Å². The van der Waals surface area contributed by atoms with Crippen LogP contribution in [0.3, 0.4) is 0 Å². The van der Waals surface area contributed by atoms with Gasteiger partial charge in [-0.15, -0.1) is 0 Å². The van der Waals surface area contributed by atoms with Crippen molar-refractivity contribution in [1.82, 2.24) is 9.97 Å². The molecule has 19 heavy (non-hydrogen) atoms. The molecular weight excluding hydrogens is 260 g/mol. The number of ether oxygens (including phenoxy) is 1. The third-order valence-corrected chi connectivity index (χ3v) is 2.48. The summed E-state index contributed by atoms with van der Waals surface area (Å²) in [5, 5.41) is 0.364. The first kappa shape index (κ1) is 13.4. The van der Waals surface area contributed by atoms with E-state index in [1.165, 1.54) is 6.20 Å². The Labute approximate surface area is 117 Å². The fourth-order valence-electron chi connectivity index (χ4n) is 1.37. The van der Waals surface area contributed by atoms with Gasteiger partial charge in [-0.1, -0.05) is 24.4 Å². The molecule has 2 rings (SSSR count). The van der Waals surface area contributed by atoms with Crippen molar-refractivity contribution in [3.63, 3.8) is 0 Å². The standard InChI is InChI=1S/C15H13ClN2O/c1-2-9-19-14-7-4-12(5-8-14)3-6-13-10-18-15(16)11-17-13/h4-5,7-8,10-11H,2,9H2,1H3. The van der Waals surface area contributed by atoms with Crippen molar-refractivity contribution in [2.75, 3.05) is 6.61 Å². The second-order valence-electron chi connectivity index (χ2n) is 3.85. The van der Waals surface area contributed by atoms with Crippen LogP contribution in [0.1, 0.15) is 24.6 Å². The molecule has 0 spiro atoms. The van der Waals surface area contributed by atoms with E-state index in [0.29, 0.717) is 10.8 Å². The fraction of sp³-hybridized carbons (Fsp3) is 0.200. The Hall–Kier alpha value is -2.05. The number of rotatable bonds is 3. The number of hydrogen-bond acceptors (Lipinski definition) is 3. The van der Waals surface area contributed by atoms with E-state index >= 15 is 0 Å². The molecule has 0 fully saturated rings. The fourth-order valence-corrected chi connectivity index (χ4v) is 1.47. The zero-order valence-electron chi connectivity index (χ0n) is 10.6. The van der Waals surface area contributed by atoms with Gasteiger partial charge in [0.05, 0.1) is 19.0 Å². The Bertz CT molecular complexity index is 582.